The highest BCUT2D eigenvalue weighted by Crippen LogP contribution is 2.45. The summed E-state index contributed by atoms with van der Waals surface area (Å²) in [5.41, 5.74) is 3.67. The predicted octanol–water partition coefficient (Wildman–Crippen LogP) is 3.69. The van der Waals surface area contributed by atoms with Gasteiger partial charge in [-0.15, -0.1) is 4.59 Å². The number of hydrogen-bond acceptors (Lipinski definition) is 5. The molecule has 3 heterocycles. The lowest BCUT2D eigenvalue weighted by atomic mass is 9.72. The third-order valence-corrected chi connectivity index (χ3v) is 6.31. The molecule has 148 valence electrons. The highest BCUT2D eigenvalue weighted by molar-refractivity contribution is 6.34. The van der Waals surface area contributed by atoms with E-state index < -0.39 is 0 Å². The van der Waals surface area contributed by atoms with Crippen molar-refractivity contribution in [1.82, 2.24) is 9.88 Å². The Bertz CT molecular complexity index is 1110. The fourth-order valence-corrected chi connectivity index (χ4v) is 4.83. The van der Waals surface area contributed by atoms with Crippen LogP contribution in [0.25, 0.3) is 10.9 Å². The van der Waals surface area contributed by atoms with Gasteiger partial charge >= 0.3 is 0 Å². The summed E-state index contributed by atoms with van der Waals surface area (Å²) in [6.45, 7) is 1.11. The van der Waals surface area contributed by atoms with E-state index in [2.05, 4.69) is 29.0 Å². The molecule has 2 aliphatic heterocycles. The van der Waals surface area contributed by atoms with Crippen LogP contribution in [0.2, 0.25) is 5.02 Å². The summed E-state index contributed by atoms with van der Waals surface area (Å²) < 4.78 is 0.00570. The number of amidine groups is 1. The first-order valence-corrected chi connectivity index (χ1v) is 10.2. The van der Waals surface area contributed by atoms with Crippen molar-refractivity contribution in [2.75, 3.05) is 20.6 Å². The van der Waals surface area contributed by atoms with E-state index in [0.29, 0.717) is 16.9 Å². The van der Waals surface area contributed by atoms with Crippen molar-refractivity contribution >= 4 is 34.6 Å². The summed E-state index contributed by atoms with van der Waals surface area (Å²) >= 11 is 6.68. The summed E-state index contributed by atoms with van der Waals surface area (Å²) in [4.78, 5) is 16.1. The molecule has 3 aliphatic rings. The van der Waals surface area contributed by atoms with Crippen LogP contribution in [0.1, 0.15) is 18.4 Å². The topological polar surface area (TPSA) is 66.9 Å². The summed E-state index contributed by atoms with van der Waals surface area (Å²) in [6.07, 6.45) is 9.47. The normalized spacial score (nSPS) is 28.1. The maximum atomic E-state index is 6.86. The van der Waals surface area contributed by atoms with Gasteiger partial charge in [0.2, 0.25) is 5.70 Å². The van der Waals surface area contributed by atoms with Gasteiger partial charge in [-0.2, -0.15) is 10.8 Å². The molecule has 1 fully saturated rings. The lowest BCUT2D eigenvalue weighted by molar-refractivity contribution is -0.750. The van der Waals surface area contributed by atoms with Gasteiger partial charge in [-0.05, 0) is 51.1 Å². The lowest BCUT2D eigenvalue weighted by Gasteiger charge is -2.36. The Morgan fingerprint density at radius 1 is 1.28 bits per heavy atom. The highest BCUT2D eigenvalue weighted by Gasteiger charge is 2.48. The number of benzene rings is 1. The first-order valence-electron chi connectivity index (χ1n) is 9.87. The number of allylic oxidation sites excluding steroid dienone is 2. The maximum absolute atomic E-state index is 6.86. The fraction of sp³-hybridized carbons (Fsp3) is 0.318. The standard InChI is InChI=1S/C22H24ClN6/c1-28(2)13-14-8-16(9-14)21-20-12-25-6-7-29(20,24)22(27-21)17-11-19-15(10-18(17)23)4-3-5-26-19/h3-7,10-12,14,16H,8-9,13,24H2,1-2H3/q+1. The van der Waals surface area contributed by atoms with Crippen LogP contribution in [0.15, 0.2) is 64.2 Å². The summed E-state index contributed by atoms with van der Waals surface area (Å²) in [5, 5.41) is 1.63. The minimum atomic E-state index is 0.00570. The van der Waals surface area contributed by atoms with Crippen molar-refractivity contribution in [1.29, 1.82) is 0 Å². The average molecular weight is 408 g/mol. The number of halogens is 1. The van der Waals surface area contributed by atoms with Crippen LogP contribution in [0, 0.1) is 11.8 Å². The van der Waals surface area contributed by atoms with Crippen molar-refractivity contribution in [3.8, 4) is 0 Å². The Labute approximate surface area is 175 Å². The van der Waals surface area contributed by atoms with E-state index in [4.69, 9.17) is 22.4 Å². The number of nitrogens with two attached hydrogens (primary N) is 1. The molecule has 0 spiro atoms. The van der Waals surface area contributed by atoms with Gasteiger partial charge in [-0.25, -0.2) is 0 Å². The molecule has 6 nitrogen and oxygen atoms in total. The molecule has 1 aromatic carbocycles. The molecule has 1 saturated carbocycles. The third-order valence-electron chi connectivity index (χ3n) is 6.00. The van der Waals surface area contributed by atoms with E-state index in [9.17, 15) is 0 Å². The minimum Gasteiger partial charge on any atom is -0.309 e. The number of aliphatic imine (C=N–C) groups is 2. The number of quaternary nitrogens is 1. The molecular formula is C22H24ClN6+. The summed E-state index contributed by atoms with van der Waals surface area (Å²) in [6, 6.07) is 7.83. The predicted molar refractivity (Wildman–Crippen MR) is 117 cm³/mol. The van der Waals surface area contributed by atoms with E-state index >= 15 is 0 Å². The van der Waals surface area contributed by atoms with E-state index in [-0.39, 0.29) is 4.59 Å². The first kappa shape index (κ1) is 18.6. The van der Waals surface area contributed by atoms with Gasteiger partial charge < -0.3 is 4.90 Å². The van der Waals surface area contributed by atoms with Gasteiger partial charge in [0.15, 0.2) is 0 Å². The molecule has 0 amide bonds. The average Bonchev–Trinajstić information content (AvgIpc) is 2.96. The van der Waals surface area contributed by atoms with Crippen LogP contribution in [0.3, 0.4) is 0 Å². The van der Waals surface area contributed by atoms with Crippen molar-refractivity contribution in [2.45, 2.75) is 12.8 Å². The van der Waals surface area contributed by atoms with Gasteiger partial charge in [0.1, 0.15) is 11.9 Å². The van der Waals surface area contributed by atoms with Crippen molar-refractivity contribution in [2.24, 2.45) is 27.7 Å². The van der Waals surface area contributed by atoms with E-state index in [1.54, 1.807) is 12.4 Å². The quantitative estimate of drug-likeness (QED) is 0.620. The van der Waals surface area contributed by atoms with Crippen LogP contribution < -0.4 is 5.84 Å². The van der Waals surface area contributed by atoms with E-state index in [1.807, 2.05) is 36.7 Å². The zero-order chi connectivity index (χ0) is 20.2. The van der Waals surface area contributed by atoms with E-state index in [0.717, 1.165) is 53.1 Å². The zero-order valence-corrected chi connectivity index (χ0v) is 17.3. The Morgan fingerprint density at radius 3 is 2.90 bits per heavy atom. The smallest absolute Gasteiger partial charge is 0.266 e. The molecular weight excluding hydrogens is 384 g/mol. The molecule has 29 heavy (non-hydrogen) atoms. The van der Waals surface area contributed by atoms with Gasteiger partial charge in [-0.1, -0.05) is 17.7 Å². The number of nitrogens with zero attached hydrogens (tertiary/aromatic N) is 5. The molecule has 0 radical (unpaired) electrons. The second-order valence-corrected chi connectivity index (χ2v) is 8.79. The summed E-state index contributed by atoms with van der Waals surface area (Å²) in [7, 11) is 4.24. The second kappa shape index (κ2) is 6.85. The number of fused-ring (bicyclic) bond motifs is 2. The minimum absolute atomic E-state index is 0.00570. The molecule has 7 heteroatoms. The van der Waals surface area contributed by atoms with Crippen LogP contribution in [-0.4, -0.2) is 47.2 Å². The number of hydrogen-bond donors (Lipinski definition) is 1. The molecule has 2 aromatic rings. The Balaban J connectivity index is 1.55. The second-order valence-electron chi connectivity index (χ2n) is 8.38. The lowest BCUT2D eigenvalue weighted by Crippen LogP contribution is -2.53. The summed E-state index contributed by atoms with van der Waals surface area (Å²) in [5.74, 6) is 8.69. The SMILES string of the molecule is CN(C)CC1CC(C2=C3C=NC=C[N+]3(N)C(c3cc4ncccc4cc3Cl)=N2)C1. The van der Waals surface area contributed by atoms with Crippen molar-refractivity contribution in [3.05, 3.63) is 64.8 Å². The molecule has 5 rings (SSSR count). The van der Waals surface area contributed by atoms with E-state index in [1.165, 1.54) is 0 Å². The Hall–Kier alpha value is -2.38. The molecule has 1 aromatic heterocycles. The van der Waals surface area contributed by atoms with Crippen LogP contribution in [0.5, 0.6) is 0 Å². The number of rotatable bonds is 4. The fourth-order valence-electron chi connectivity index (χ4n) is 4.58. The Kier molecular flexibility index (Phi) is 4.40. The van der Waals surface area contributed by atoms with Crippen molar-refractivity contribution < 1.29 is 4.59 Å². The third kappa shape index (κ3) is 3.04. The van der Waals surface area contributed by atoms with Crippen LogP contribution >= 0.6 is 11.6 Å². The maximum Gasteiger partial charge on any atom is 0.266 e. The largest absolute Gasteiger partial charge is 0.309 e. The molecule has 1 atom stereocenters. The molecule has 1 aliphatic carbocycles. The highest BCUT2D eigenvalue weighted by atomic mass is 35.5. The van der Waals surface area contributed by atoms with Gasteiger partial charge in [0.25, 0.3) is 5.84 Å². The van der Waals surface area contributed by atoms with Gasteiger partial charge in [0, 0.05) is 24.0 Å². The van der Waals surface area contributed by atoms with Crippen LogP contribution in [-0.2, 0) is 0 Å². The molecule has 0 bridgehead atoms. The number of pyridine rings is 1. The molecule has 2 N–H and O–H groups in total. The van der Waals surface area contributed by atoms with Gasteiger partial charge in [-0.3, -0.25) is 9.98 Å². The molecule has 0 saturated heterocycles. The molecule has 1 unspecified atom stereocenters. The monoisotopic (exact) mass is 407 g/mol. The van der Waals surface area contributed by atoms with Crippen LogP contribution in [0.4, 0.5) is 0 Å². The number of aromatic nitrogens is 1. The van der Waals surface area contributed by atoms with Gasteiger partial charge in [0.05, 0.1) is 28.5 Å². The zero-order valence-electron chi connectivity index (χ0n) is 16.6. The first-order chi connectivity index (χ1) is 14.0. The Morgan fingerprint density at radius 2 is 2.10 bits per heavy atom. The van der Waals surface area contributed by atoms with Crippen molar-refractivity contribution in [3.63, 3.8) is 0 Å².